The van der Waals surface area contributed by atoms with E-state index in [-0.39, 0.29) is 48.1 Å². The van der Waals surface area contributed by atoms with Gasteiger partial charge in [-0.2, -0.15) is 4.31 Å². The van der Waals surface area contributed by atoms with Crippen molar-refractivity contribution in [1.29, 1.82) is 0 Å². The number of carbonyl (C=O) groups excluding carboxylic acids is 2. The lowest BCUT2D eigenvalue weighted by Gasteiger charge is -2.24. The van der Waals surface area contributed by atoms with E-state index < -0.39 is 46.1 Å². The average Bonchev–Trinajstić information content (AvgIpc) is 3.60. The molecule has 2 aromatic carbocycles. The Morgan fingerprint density at radius 1 is 1.11 bits per heavy atom. The summed E-state index contributed by atoms with van der Waals surface area (Å²) in [6, 6.07) is 6.10. The molecule has 0 N–H and O–H groups in total. The Balaban J connectivity index is 1.35. The molecule has 1 aromatic heterocycles. The normalized spacial score (nSPS) is 17.9. The van der Waals surface area contributed by atoms with E-state index in [2.05, 4.69) is 10.3 Å². The van der Waals surface area contributed by atoms with Crippen molar-refractivity contribution in [2.24, 2.45) is 0 Å². The monoisotopic (exact) mass is 548 g/mol. The minimum atomic E-state index is -4.09. The molecule has 10 nitrogen and oxygen atoms in total. The first kappa shape index (κ1) is 25.9. The third-order valence-corrected chi connectivity index (χ3v) is 8.37. The van der Waals surface area contributed by atoms with Gasteiger partial charge in [-0.05, 0) is 43.2 Å². The van der Waals surface area contributed by atoms with Gasteiger partial charge in [-0.25, -0.2) is 26.3 Å². The Morgan fingerprint density at radius 3 is 2.68 bits per heavy atom. The number of hydrogen-bond acceptors (Lipinski definition) is 7. The molecule has 2 aliphatic rings. The van der Waals surface area contributed by atoms with E-state index in [4.69, 9.17) is 4.74 Å². The number of nitrogens with zero attached hydrogens (tertiary/aromatic N) is 5. The van der Waals surface area contributed by atoms with Gasteiger partial charge in [0.05, 0.1) is 41.5 Å². The van der Waals surface area contributed by atoms with E-state index in [1.807, 2.05) is 0 Å². The van der Waals surface area contributed by atoms with Crippen LogP contribution in [0.25, 0.3) is 0 Å². The number of sulfonamides is 1. The number of aromatic nitrogens is 3. The molecule has 0 radical (unpaired) electrons. The van der Waals surface area contributed by atoms with Crippen molar-refractivity contribution in [3.05, 3.63) is 65.5 Å². The Bertz CT molecular complexity index is 1510. The summed E-state index contributed by atoms with van der Waals surface area (Å²) in [7, 11) is -4.09. The summed E-state index contributed by atoms with van der Waals surface area (Å²) in [6.07, 6.45) is 2.46. The summed E-state index contributed by atoms with van der Waals surface area (Å²) < 4.78 is 74.5. The summed E-state index contributed by atoms with van der Waals surface area (Å²) in [4.78, 5) is 26.4. The Labute approximate surface area is 215 Å². The maximum Gasteiger partial charge on any atom is 0.299 e. The fourth-order valence-corrected chi connectivity index (χ4v) is 6.28. The van der Waals surface area contributed by atoms with E-state index in [1.54, 1.807) is 0 Å². The second-order valence-corrected chi connectivity index (χ2v) is 10.7. The fraction of sp³-hybridized carbons (Fsp3) is 0.333. The van der Waals surface area contributed by atoms with Crippen molar-refractivity contribution >= 4 is 27.4 Å². The zero-order chi connectivity index (χ0) is 27.0. The lowest BCUT2D eigenvalue weighted by molar-refractivity contribution is -0.114. The lowest BCUT2D eigenvalue weighted by atomic mass is 10.1. The van der Waals surface area contributed by atoms with Gasteiger partial charge in [0.15, 0.2) is 11.6 Å². The average molecular weight is 549 g/mol. The van der Waals surface area contributed by atoms with Crippen LogP contribution in [-0.4, -0.2) is 65.3 Å². The molecule has 3 heterocycles. The SMILES string of the molecule is O=C1C(=O)N(Cc2cn(CC[18F])nn2)c2ccc(S(=O)(=O)N3CCC[C@H]3COc3ccc(F)cc3F)cc21. The molecular formula is C24H22F3N5O5S. The van der Waals surface area contributed by atoms with E-state index in [9.17, 15) is 31.2 Å². The number of fused-ring (bicyclic) bond motifs is 1. The topological polar surface area (TPSA) is 115 Å². The molecule has 1 atom stereocenters. The molecule has 1 amide bonds. The number of benzene rings is 2. The molecule has 1 fully saturated rings. The molecule has 14 heteroatoms. The maximum absolute atomic E-state index is 13.9. The predicted octanol–water partition coefficient (Wildman–Crippen LogP) is 2.49. The highest BCUT2D eigenvalue weighted by Crippen LogP contribution is 2.34. The van der Waals surface area contributed by atoms with Crippen LogP contribution >= 0.6 is 0 Å². The van der Waals surface area contributed by atoms with Crippen molar-refractivity contribution in [2.75, 3.05) is 24.7 Å². The molecule has 0 saturated carbocycles. The highest BCUT2D eigenvalue weighted by Gasteiger charge is 2.40. The molecule has 200 valence electrons. The smallest absolute Gasteiger partial charge is 0.299 e. The highest BCUT2D eigenvalue weighted by atomic mass is 32.2. The van der Waals surface area contributed by atoms with Gasteiger partial charge < -0.3 is 4.74 Å². The summed E-state index contributed by atoms with van der Waals surface area (Å²) >= 11 is 0. The molecule has 0 unspecified atom stereocenters. The van der Waals surface area contributed by atoms with E-state index >= 15 is 0 Å². The lowest BCUT2D eigenvalue weighted by Crippen LogP contribution is -2.39. The Hall–Kier alpha value is -3.78. The van der Waals surface area contributed by atoms with Crippen molar-refractivity contribution < 1.29 is 35.9 Å². The number of ketones is 1. The van der Waals surface area contributed by atoms with Crippen LogP contribution in [0.1, 0.15) is 28.9 Å². The summed E-state index contributed by atoms with van der Waals surface area (Å²) in [5.74, 6) is -3.55. The molecule has 1 saturated heterocycles. The van der Waals surface area contributed by atoms with Crippen LogP contribution in [0.2, 0.25) is 0 Å². The number of alkyl halides is 1. The quantitative estimate of drug-likeness (QED) is 0.378. The van der Waals surface area contributed by atoms with Gasteiger partial charge in [0, 0.05) is 12.6 Å². The third kappa shape index (κ3) is 4.76. The van der Waals surface area contributed by atoms with Crippen LogP contribution < -0.4 is 9.64 Å². The number of aryl methyl sites for hydroxylation is 1. The van der Waals surface area contributed by atoms with Gasteiger partial charge in [0.2, 0.25) is 10.0 Å². The second-order valence-electron chi connectivity index (χ2n) is 8.86. The number of Topliss-reactive ketones (excluding diaryl/α,β-unsaturated/α-hetero) is 1. The predicted molar refractivity (Wildman–Crippen MR) is 127 cm³/mol. The molecule has 3 aromatic rings. The molecule has 0 aliphatic carbocycles. The minimum absolute atomic E-state index is 0.000935. The van der Waals surface area contributed by atoms with Crippen LogP contribution in [0, 0.1) is 11.6 Å². The van der Waals surface area contributed by atoms with Crippen LogP contribution in [-0.2, 0) is 27.9 Å². The first-order valence-electron chi connectivity index (χ1n) is 11.7. The van der Waals surface area contributed by atoms with Crippen LogP contribution in [0.3, 0.4) is 0 Å². The number of halogens is 3. The van der Waals surface area contributed by atoms with Crippen LogP contribution in [0.5, 0.6) is 5.75 Å². The number of carbonyl (C=O) groups is 2. The zero-order valence-electron chi connectivity index (χ0n) is 19.9. The second kappa shape index (κ2) is 10.2. The molecular weight excluding hydrogens is 526 g/mol. The minimum Gasteiger partial charge on any atom is -0.489 e. The number of amides is 1. The van der Waals surface area contributed by atoms with Crippen molar-refractivity contribution in [3.63, 3.8) is 0 Å². The highest BCUT2D eigenvalue weighted by molar-refractivity contribution is 7.89. The third-order valence-electron chi connectivity index (χ3n) is 6.42. The summed E-state index contributed by atoms with van der Waals surface area (Å²) in [6.45, 7) is -0.703. The van der Waals surface area contributed by atoms with Gasteiger partial charge >= 0.3 is 0 Å². The number of ether oxygens (including phenoxy) is 1. The number of hydrogen-bond donors (Lipinski definition) is 0. The molecule has 5 rings (SSSR count). The number of rotatable bonds is 9. The van der Waals surface area contributed by atoms with Crippen molar-refractivity contribution in [1.82, 2.24) is 19.3 Å². The standard InChI is InChI=1S/C24H22F3N5O5S/c25-7-9-30-12-16(28-29-30)13-31-21-5-4-18(11-19(21)23(33)24(31)34)38(35,36)32-8-1-2-17(32)14-37-22-6-3-15(26)10-20(22)27/h3-6,10-12,17H,1-2,7-9,13-14H2/t17-/m0/s1/i25-1. The van der Waals surface area contributed by atoms with Crippen LogP contribution in [0.15, 0.2) is 47.5 Å². The van der Waals surface area contributed by atoms with Crippen molar-refractivity contribution in [2.45, 2.75) is 36.9 Å². The fourth-order valence-electron chi connectivity index (χ4n) is 4.57. The molecule has 0 spiro atoms. The molecule has 38 heavy (non-hydrogen) atoms. The van der Waals surface area contributed by atoms with Gasteiger partial charge in [-0.15, -0.1) is 5.10 Å². The summed E-state index contributed by atoms with van der Waals surface area (Å²) in [5.41, 5.74) is 0.501. The van der Waals surface area contributed by atoms with Gasteiger partial charge in [0.1, 0.15) is 24.8 Å². The van der Waals surface area contributed by atoms with E-state index in [0.29, 0.717) is 24.6 Å². The Morgan fingerprint density at radius 2 is 1.92 bits per heavy atom. The van der Waals surface area contributed by atoms with Crippen molar-refractivity contribution in [3.8, 4) is 5.75 Å². The van der Waals surface area contributed by atoms with Gasteiger partial charge in [-0.1, -0.05) is 5.21 Å². The largest absolute Gasteiger partial charge is 0.489 e. The van der Waals surface area contributed by atoms with Gasteiger partial charge in [-0.3, -0.25) is 14.5 Å². The van der Waals surface area contributed by atoms with E-state index in [0.717, 1.165) is 12.1 Å². The maximum atomic E-state index is 13.9. The Kier molecular flexibility index (Phi) is 6.92. The number of anilines is 1. The first-order valence-corrected chi connectivity index (χ1v) is 13.2. The molecule has 2 aliphatic heterocycles. The van der Waals surface area contributed by atoms with E-state index in [1.165, 1.54) is 38.3 Å². The summed E-state index contributed by atoms with van der Waals surface area (Å²) in [5, 5.41) is 7.64. The zero-order valence-corrected chi connectivity index (χ0v) is 20.7. The first-order chi connectivity index (χ1) is 18.2. The molecule has 0 bridgehead atoms. The van der Waals surface area contributed by atoms with Gasteiger partial charge in [0.25, 0.3) is 11.7 Å². The van der Waals surface area contributed by atoms with Crippen LogP contribution in [0.4, 0.5) is 18.9 Å².